The highest BCUT2D eigenvalue weighted by Crippen LogP contribution is 2.44. The molecule has 1 amide bonds. The van der Waals surface area contributed by atoms with Crippen molar-refractivity contribution < 1.29 is 9.53 Å². The number of hydrogen-bond donors (Lipinski definition) is 0. The molecule has 2 heterocycles. The molecule has 2 aromatic carbocycles. The van der Waals surface area contributed by atoms with Gasteiger partial charge < -0.3 is 4.74 Å². The average Bonchev–Trinajstić information content (AvgIpc) is 2.89. The second-order valence-corrected chi connectivity index (χ2v) is 7.69. The fraction of sp³-hybridized carbons (Fsp3) is 0.273. The molecule has 4 rings (SSSR count). The Morgan fingerprint density at radius 2 is 1.97 bits per heavy atom. The first-order valence-corrected chi connectivity index (χ1v) is 10.7. The largest absolute Gasteiger partial charge is 0.447 e. The maximum Gasteiger partial charge on any atom is 0.247 e. The van der Waals surface area contributed by atoms with Crippen molar-refractivity contribution in [3.8, 4) is 17.1 Å². The van der Waals surface area contributed by atoms with Crippen molar-refractivity contribution in [2.45, 2.75) is 38.6 Å². The third-order valence-electron chi connectivity index (χ3n) is 4.97. The highest BCUT2D eigenvalue weighted by molar-refractivity contribution is 7.98. The van der Waals surface area contributed by atoms with E-state index in [0.717, 1.165) is 27.9 Å². The van der Waals surface area contributed by atoms with Crippen LogP contribution in [0.4, 0.5) is 5.69 Å². The third kappa shape index (κ3) is 3.46. The molecule has 0 bridgehead atoms. The molecule has 0 unspecified atom stereocenters. The SMILES string of the molecule is CCC(=O)N1c2ccccc2-c2nnc(SC)nc2O[C@@H]1c1cc(C)ccc1C. The Kier molecular flexibility index (Phi) is 5.24. The minimum atomic E-state index is -0.642. The van der Waals surface area contributed by atoms with Gasteiger partial charge in [-0.3, -0.25) is 9.69 Å². The fourth-order valence-electron chi connectivity index (χ4n) is 3.47. The fourth-order valence-corrected chi connectivity index (χ4v) is 3.76. The van der Waals surface area contributed by atoms with Gasteiger partial charge in [0.25, 0.3) is 0 Å². The van der Waals surface area contributed by atoms with Crippen molar-refractivity contribution in [1.82, 2.24) is 15.2 Å². The zero-order valence-corrected chi connectivity index (χ0v) is 17.7. The van der Waals surface area contributed by atoms with E-state index >= 15 is 0 Å². The van der Waals surface area contributed by atoms with Crippen molar-refractivity contribution in [2.75, 3.05) is 11.2 Å². The van der Waals surface area contributed by atoms with Crippen molar-refractivity contribution in [3.63, 3.8) is 0 Å². The average molecular weight is 407 g/mol. The van der Waals surface area contributed by atoms with E-state index in [1.54, 1.807) is 4.90 Å². The number of hydrogen-bond acceptors (Lipinski definition) is 6. The molecule has 0 radical (unpaired) electrons. The molecule has 29 heavy (non-hydrogen) atoms. The maximum absolute atomic E-state index is 13.1. The Labute approximate surface area is 174 Å². The van der Waals surface area contributed by atoms with Crippen LogP contribution in [0.1, 0.15) is 36.3 Å². The van der Waals surface area contributed by atoms with Crippen molar-refractivity contribution >= 4 is 23.4 Å². The van der Waals surface area contributed by atoms with Crippen LogP contribution in [0.15, 0.2) is 47.6 Å². The number of fused-ring (bicyclic) bond motifs is 3. The van der Waals surface area contributed by atoms with Crippen LogP contribution in [0.2, 0.25) is 0 Å². The van der Waals surface area contributed by atoms with Gasteiger partial charge in [-0.05, 0) is 31.7 Å². The lowest BCUT2D eigenvalue weighted by Crippen LogP contribution is -2.37. The van der Waals surface area contributed by atoms with Crippen molar-refractivity contribution in [1.29, 1.82) is 0 Å². The summed E-state index contributed by atoms with van der Waals surface area (Å²) in [5.41, 5.74) is 5.14. The first-order valence-electron chi connectivity index (χ1n) is 9.47. The summed E-state index contributed by atoms with van der Waals surface area (Å²) in [6, 6.07) is 13.8. The summed E-state index contributed by atoms with van der Waals surface area (Å²) in [5.74, 6) is 0.350. The molecule has 3 aromatic rings. The number of aromatic nitrogens is 3. The summed E-state index contributed by atoms with van der Waals surface area (Å²) < 4.78 is 6.42. The van der Waals surface area contributed by atoms with Gasteiger partial charge in [0.15, 0.2) is 5.69 Å². The summed E-state index contributed by atoms with van der Waals surface area (Å²) in [7, 11) is 0. The van der Waals surface area contributed by atoms with Gasteiger partial charge >= 0.3 is 0 Å². The lowest BCUT2D eigenvalue weighted by Gasteiger charge is -2.31. The second-order valence-electron chi connectivity index (χ2n) is 6.92. The quantitative estimate of drug-likeness (QED) is 0.587. The van der Waals surface area contributed by atoms with E-state index in [1.165, 1.54) is 11.8 Å². The minimum absolute atomic E-state index is 0.0331. The Morgan fingerprint density at radius 1 is 1.17 bits per heavy atom. The van der Waals surface area contributed by atoms with Gasteiger partial charge in [0.1, 0.15) is 0 Å². The minimum Gasteiger partial charge on any atom is -0.447 e. The monoisotopic (exact) mass is 406 g/mol. The zero-order valence-electron chi connectivity index (χ0n) is 16.8. The summed E-state index contributed by atoms with van der Waals surface area (Å²) in [6.07, 6.45) is 1.60. The Morgan fingerprint density at radius 3 is 2.72 bits per heavy atom. The zero-order chi connectivity index (χ0) is 20.5. The van der Waals surface area contributed by atoms with Crippen LogP contribution < -0.4 is 9.64 Å². The van der Waals surface area contributed by atoms with E-state index in [0.29, 0.717) is 23.2 Å². The predicted octanol–water partition coefficient (Wildman–Crippen LogP) is 4.71. The predicted molar refractivity (Wildman–Crippen MR) is 114 cm³/mol. The first-order chi connectivity index (χ1) is 14.0. The number of para-hydroxylation sites is 1. The van der Waals surface area contributed by atoms with Crippen LogP contribution >= 0.6 is 11.8 Å². The molecule has 0 saturated heterocycles. The van der Waals surface area contributed by atoms with Crippen LogP contribution in [0.25, 0.3) is 11.3 Å². The number of ether oxygens (including phenoxy) is 1. The Hall–Kier alpha value is -2.93. The summed E-state index contributed by atoms with van der Waals surface area (Å²) in [6.45, 7) is 5.91. The maximum atomic E-state index is 13.1. The molecular formula is C22H22N4O2S. The molecule has 0 N–H and O–H groups in total. The lowest BCUT2D eigenvalue weighted by atomic mass is 10.0. The molecule has 0 spiro atoms. The molecule has 7 heteroatoms. The van der Waals surface area contributed by atoms with Gasteiger partial charge in [0, 0.05) is 17.5 Å². The number of carbonyl (C=O) groups excluding carboxylic acids is 1. The van der Waals surface area contributed by atoms with E-state index in [-0.39, 0.29) is 5.91 Å². The van der Waals surface area contributed by atoms with E-state index in [2.05, 4.69) is 27.3 Å². The molecule has 0 fully saturated rings. The van der Waals surface area contributed by atoms with Gasteiger partial charge in [-0.2, -0.15) is 4.98 Å². The summed E-state index contributed by atoms with van der Waals surface area (Å²) in [5, 5.41) is 9.10. The lowest BCUT2D eigenvalue weighted by molar-refractivity contribution is -0.120. The number of aryl methyl sites for hydroxylation is 2. The topological polar surface area (TPSA) is 68.2 Å². The van der Waals surface area contributed by atoms with Crippen LogP contribution in [0.5, 0.6) is 5.88 Å². The van der Waals surface area contributed by atoms with Crippen molar-refractivity contribution in [2.24, 2.45) is 0 Å². The highest BCUT2D eigenvalue weighted by atomic mass is 32.2. The summed E-state index contributed by atoms with van der Waals surface area (Å²) >= 11 is 1.40. The molecule has 1 aromatic heterocycles. The first kappa shape index (κ1) is 19.4. The molecule has 0 aliphatic carbocycles. The third-order valence-corrected chi connectivity index (χ3v) is 5.50. The van der Waals surface area contributed by atoms with Gasteiger partial charge in [-0.15, -0.1) is 10.2 Å². The number of benzene rings is 2. The number of amides is 1. The number of thioether (sulfide) groups is 1. The van der Waals surface area contributed by atoms with Crippen LogP contribution in [0, 0.1) is 13.8 Å². The van der Waals surface area contributed by atoms with Crippen molar-refractivity contribution in [3.05, 3.63) is 59.2 Å². The molecular weight excluding hydrogens is 384 g/mol. The van der Waals surface area contributed by atoms with E-state index < -0.39 is 6.23 Å². The smallest absolute Gasteiger partial charge is 0.247 e. The summed E-state index contributed by atoms with van der Waals surface area (Å²) in [4.78, 5) is 19.4. The normalized spacial score (nSPS) is 15.2. The molecule has 1 aliphatic heterocycles. The standard InChI is InChI=1S/C22H22N4O2S/c1-5-18(27)26-17-9-7-6-8-15(17)19-20(23-22(29-4)25-24-19)28-21(26)16-12-13(2)10-11-14(16)3/h6-12,21H,5H2,1-4H3/t21-/m1/s1. The van der Waals surface area contributed by atoms with Gasteiger partial charge in [0.2, 0.25) is 23.2 Å². The molecule has 6 nitrogen and oxygen atoms in total. The van der Waals surface area contributed by atoms with Crippen LogP contribution in [-0.4, -0.2) is 27.3 Å². The second kappa shape index (κ2) is 7.83. The molecule has 1 aliphatic rings. The molecule has 1 atom stereocenters. The number of anilines is 1. The number of rotatable bonds is 3. The molecule has 148 valence electrons. The number of carbonyl (C=O) groups is 1. The van der Waals surface area contributed by atoms with Gasteiger partial charge in [0.05, 0.1) is 5.69 Å². The van der Waals surface area contributed by atoms with Crippen LogP contribution in [0.3, 0.4) is 0 Å². The van der Waals surface area contributed by atoms with Gasteiger partial charge in [-0.1, -0.05) is 60.6 Å². The Bertz CT molecular complexity index is 1090. The van der Waals surface area contributed by atoms with Gasteiger partial charge in [-0.25, -0.2) is 0 Å². The number of nitrogens with zero attached hydrogens (tertiary/aromatic N) is 4. The van der Waals surface area contributed by atoms with E-state index in [4.69, 9.17) is 4.74 Å². The van der Waals surface area contributed by atoms with E-state index in [1.807, 2.05) is 57.4 Å². The van der Waals surface area contributed by atoms with Crippen LogP contribution in [-0.2, 0) is 4.79 Å². The molecule has 0 saturated carbocycles. The van der Waals surface area contributed by atoms with E-state index in [9.17, 15) is 4.79 Å². The highest BCUT2D eigenvalue weighted by Gasteiger charge is 2.35. The Balaban J connectivity index is 2.01.